The van der Waals surface area contributed by atoms with Crippen LogP contribution in [0.5, 0.6) is 0 Å². The normalized spacial score (nSPS) is 17.1. The van der Waals surface area contributed by atoms with E-state index < -0.39 is 30.1 Å². The van der Waals surface area contributed by atoms with Crippen LogP contribution < -0.4 is 10.6 Å². The molecule has 2 aromatic carbocycles. The van der Waals surface area contributed by atoms with Crippen molar-refractivity contribution in [2.75, 3.05) is 12.4 Å². The van der Waals surface area contributed by atoms with E-state index in [1.165, 1.54) is 30.3 Å². The lowest BCUT2D eigenvalue weighted by molar-refractivity contribution is -0.144. The topological polar surface area (TPSA) is 140 Å². The fraction of sp³-hybridized carbons (Fsp3) is 0.310. The third-order valence-corrected chi connectivity index (χ3v) is 7.71. The molecule has 0 radical (unpaired) electrons. The predicted molar refractivity (Wildman–Crippen MR) is 161 cm³/mol. The van der Waals surface area contributed by atoms with Crippen LogP contribution in [-0.2, 0) is 20.7 Å². The van der Waals surface area contributed by atoms with Gasteiger partial charge in [0.1, 0.15) is 29.0 Å². The first-order valence-electron chi connectivity index (χ1n) is 13.8. The van der Waals surface area contributed by atoms with Gasteiger partial charge in [0, 0.05) is 27.9 Å². The van der Waals surface area contributed by atoms with Crippen LogP contribution in [0.25, 0.3) is 23.0 Å². The van der Waals surface area contributed by atoms with E-state index in [4.69, 9.17) is 27.9 Å². The van der Waals surface area contributed by atoms with Gasteiger partial charge in [0.15, 0.2) is 0 Å². The molecular weight excluding hydrogens is 636 g/mol. The van der Waals surface area contributed by atoms with Crippen molar-refractivity contribution < 1.29 is 27.5 Å². The number of benzene rings is 2. The van der Waals surface area contributed by atoms with Gasteiger partial charge in [-0.05, 0) is 59.2 Å². The maximum atomic E-state index is 14.1. The molecule has 0 saturated heterocycles. The number of imidazole rings is 1. The monoisotopic (exact) mass is 662 g/mol. The first-order chi connectivity index (χ1) is 21.5. The zero-order valence-corrected chi connectivity index (χ0v) is 25.2. The number of fused-ring (bicyclic) bond motifs is 4. The molecule has 1 aliphatic rings. The van der Waals surface area contributed by atoms with Crippen molar-refractivity contribution in [3.63, 3.8) is 0 Å². The van der Waals surface area contributed by atoms with Crippen molar-refractivity contribution in [2.24, 2.45) is 0 Å². The van der Waals surface area contributed by atoms with Crippen molar-refractivity contribution in [3.05, 3.63) is 75.9 Å². The van der Waals surface area contributed by atoms with E-state index in [2.05, 4.69) is 36.1 Å². The van der Waals surface area contributed by atoms with Crippen molar-refractivity contribution in [1.29, 1.82) is 0 Å². The Labute approximate surface area is 265 Å². The van der Waals surface area contributed by atoms with E-state index in [0.29, 0.717) is 46.1 Å². The molecule has 0 spiro atoms. The number of halogens is 5. The highest BCUT2D eigenvalue weighted by molar-refractivity contribution is 6.32. The summed E-state index contributed by atoms with van der Waals surface area (Å²) in [5, 5.41) is 17.2. The summed E-state index contributed by atoms with van der Waals surface area (Å²) in [6.45, 7) is 0. The number of nitrogens with zero attached hydrogens (tertiary/aromatic N) is 5. The Morgan fingerprint density at radius 1 is 1.16 bits per heavy atom. The lowest BCUT2D eigenvalue weighted by Gasteiger charge is -2.25. The highest BCUT2D eigenvalue weighted by Gasteiger charge is 2.40. The summed E-state index contributed by atoms with van der Waals surface area (Å²) >= 11 is 12.7. The highest BCUT2D eigenvalue weighted by Crippen LogP contribution is 2.38. The van der Waals surface area contributed by atoms with Gasteiger partial charge in [-0.25, -0.2) is 4.98 Å². The molecule has 1 amide bonds. The number of H-pyrrole nitrogens is 1. The molecule has 11 nitrogen and oxygen atoms in total. The van der Waals surface area contributed by atoms with E-state index in [-0.39, 0.29) is 35.8 Å². The van der Waals surface area contributed by atoms with Crippen LogP contribution >= 0.6 is 23.2 Å². The number of tetrazole rings is 1. The molecule has 0 saturated carbocycles. The summed E-state index contributed by atoms with van der Waals surface area (Å²) in [6.07, 6.45) is 0.214. The van der Waals surface area contributed by atoms with Gasteiger partial charge in [-0.15, -0.1) is 5.10 Å². The van der Waals surface area contributed by atoms with E-state index in [1.54, 1.807) is 36.4 Å². The number of hydrogen-bond donors (Lipinski definition) is 3. The van der Waals surface area contributed by atoms with Gasteiger partial charge in [-0.1, -0.05) is 48.2 Å². The highest BCUT2D eigenvalue weighted by atomic mass is 35.5. The number of esters is 1. The van der Waals surface area contributed by atoms with Crippen LogP contribution in [0.2, 0.25) is 10.2 Å². The lowest BCUT2D eigenvalue weighted by Crippen LogP contribution is -2.36. The largest absolute Gasteiger partial charge is 0.469 e. The zero-order valence-electron chi connectivity index (χ0n) is 23.7. The number of carbonyl (C=O) groups is 2. The van der Waals surface area contributed by atoms with Crippen LogP contribution in [-0.4, -0.2) is 61.4 Å². The summed E-state index contributed by atoms with van der Waals surface area (Å²) < 4.78 is 48.5. The van der Waals surface area contributed by atoms with Crippen molar-refractivity contribution in [3.8, 4) is 16.9 Å². The molecule has 0 fully saturated rings. The Kier molecular flexibility index (Phi) is 9.73. The van der Waals surface area contributed by atoms with Gasteiger partial charge in [0.2, 0.25) is 5.91 Å². The Balaban J connectivity index is 1.45. The van der Waals surface area contributed by atoms with Gasteiger partial charge in [-0.3, -0.25) is 9.59 Å². The molecule has 5 rings (SSSR count). The maximum absolute atomic E-state index is 14.1. The standard InChI is InChI=1S/C29H27Cl2F3N8O3/c1-45-25(44)13-16-6-9-19-21(12-16)36-23(29(32,33)34)5-3-2-4-20(28-38-26(19)27(31)39-28)37-24(43)11-7-17-14-18(30)8-10-22(17)42-15-35-40-41-42/h6-12,14-15,20,23,36H,2-5,13H2,1H3,(H,37,43)(H,38,39)/b11-7+/t20-,23-/m0/s1. The minimum absolute atomic E-state index is 0.0800. The maximum Gasteiger partial charge on any atom is 0.408 e. The minimum Gasteiger partial charge on any atom is -0.469 e. The average molecular weight is 663 g/mol. The summed E-state index contributed by atoms with van der Waals surface area (Å²) in [5.74, 6) is -0.678. The summed E-state index contributed by atoms with van der Waals surface area (Å²) in [6, 6.07) is 7.07. The lowest BCUT2D eigenvalue weighted by atomic mass is 10.0. The Hall–Kier alpha value is -4.43. The molecule has 3 N–H and O–H groups in total. The van der Waals surface area contributed by atoms with Crippen LogP contribution in [0.3, 0.4) is 0 Å². The molecule has 3 heterocycles. The van der Waals surface area contributed by atoms with Crippen LogP contribution in [0, 0.1) is 0 Å². The van der Waals surface area contributed by atoms with E-state index in [1.807, 2.05) is 0 Å². The van der Waals surface area contributed by atoms with Gasteiger partial charge in [0.05, 0.1) is 25.3 Å². The smallest absolute Gasteiger partial charge is 0.408 e. The fourth-order valence-corrected chi connectivity index (χ4v) is 5.40. The molecule has 45 heavy (non-hydrogen) atoms. The Morgan fingerprint density at radius 3 is 2.69 bits per heavy atom. The zero-order chi connectivity index (χ0) is 32.1. The second-order valence-corrected chi connectivity index (χ2v) is 11.1. The molecule has 0 unspecified atom stereocenters. The number of aromatic amines is 1. The van der Waals surface area contributed by atoms with Crippen molar-refractivity contribution in [1.82, 2.24) is 35.5 Å². The first-order valence-corrected chi connectivity index (χ1v) is 14.6. The number of nitrogens with one attached hydrogen (secondary N) is 3. The van der Waals surface area contributed by atoms with Gasteiger partial charge in [0.25, 0.3) is 0 Å². The second kappa shape index (κ2) is 13.7. The number of alkyl halides is 3. The summed E-state index contributed by atoms with van der Waals surface area (Å²) in [4.78, 5) is 32.6. The molecule has 2 bridgehead atoms. The Morgan fingerprint density at radius 2 is 1.96 bits per heavy atom. The third-order valence-electron chi connectivity index (χ3n) is 7.20. The van der Waals surface area contributed by atoms with Gasteiger partial charge >= 0.3 is 12.1 Å². The Bertz CT molecular complexity index is 1710. The van der Waals surface area contributed by atoms with E-state index in [9.17, 15) is 22.8 Å². The SMILES string of the molecule is COC(=O)Cc1ccc2c(c1)N[C@H](C(F)(F)F)CCCC[C@H](NC(=O)/C=C/c1cc(Cl)ccc1-n1cnnn1)c1nc-2c(Cl)[nH]1. The third kappa shape index (κ3) is 7.81. The average Bonchev–Trinajstić information content (AvgIpc) is 3.66. The molecule has 16 heteroatoms. The molecular formula is C29H27Cl2F3N8O3. The molecule has 236 valence electrons. The van der Waals surface area contributed by atoms with E-state index in [0.717, 1.165) is 0 Å². The number of methoxy groups -OCH3 is 1. The fourth-order valence-electron chi connectivity index (χ4n) is 4.98. The number of rotatable bonds is 6. The van der Waals surface area contributed by atoms with Crippen molar-refractivity contribution >= 4 is 46.8 Å². The molecule has 4 aromatic rings. The number of amides is 1. The number of aromatic nitrogens is 6. The van der Waals surface area contributed by atoms with Crippen LogP contribution in [0.4, 0.5) is 18.9 Å². The van der Waals surface area contributed by atoms with Crippen LogP contribution in [0.1, 0.15) is 48.7 Å². The molecule has 1 aliphatic heterocycles. The first kappa shape index (κ1) is 32.0. The summed E-state index contributed by atoms with van der Waals surface area (Å²) in [5.41, 5.74) is 2.21. The van der Waals surface area contributed by atoms with Gasteiger partial charge in [-0.2, -0.15) is 17.9 Å². The second-order valence-electron chi connectivity index (χ2n) is 10.3. The van der Waals surface area contributed by atoms with Crippen molar-refractivity contribution in [2.45, 2.75) is 50.4 Å². The number of anilines is 1. The molecule has 0 aliphatic carbocycles. The minimum atomic E-state index is -4.56. The number of ether oxygens (including phenoxy) is 1. The molecule has 2 aromatic heterocycles. The van der Waals surface area contributed by atoms with Gasteiger partial charge < -0.3 is 20.4 Å². The number of carbonyl (C=O) groups excluding carboxylic acids is 2. The quantitative estimate of drug-likeness (QED) is 0.172. The summed E-state index contributed by atoms with van der Waals surface area (Å²) in [7, 11) is 1.23. The van der Waals surface area contributed by atoms with E-state index >= 15 is 0 Å². The molecule has 2 atom stereocenters. The predicted octanol–water partition coefficient (Wildman–Crippen LogP) is 5.86. The number of hydrogen-bond acceptors (Lipinski definition) is 8. The van der Waals surface area contributed by atoms with Crippen LogP contribution in [0.15, 0.2) is 48.8 Å².